The van der Waals surface area contributed by atoms with E-state index in [-0.39, 0.29) is 5.78 Å². The highest BCUT2D eigenvalue weighted by atomic mass is 16.2. The van der Waals surface area contributed by atoms with Crippen LogP contribution in [0.3, 0.4) is 0 Å². The lowest BCUT2D eigenvalue weighted by Gasteiger charge is -2.01. The number of hydrogen-bond acceptors (Lipinski definition) is 2. The number of allylic oxidation sites excluding steroid dienone is 1. The second-order valence-corrected chi connectivity index (χ2v) is 4.33. The Balaban J connectivity index is 2.98. The number of carbonyl (C=O) groups excluding carboxylic acids is 1. The lowest BCUT2D eigenvalue weighted by molar-refractivity contribution is -0.114. The number of aliphatic hydroxyl groups excluding tert-OH is 1. The third-order valence-corrected chi connectivity index (χ3v) is 2.81. The van der Waals surface area contributed by atoms with Crippen molar-refractivity contribution in [3.05, 3.63) is 12.7 Å². The molecule has 0 rings (SSSR count). The summed E-state index contributed by atoms with van der Waals surface area (Å²) in [7, 11) is 0. The number of ketones is 1. The van der Waals surface area contributed by atoms with Gasteiger partial charge in [-0.3, -0.25) is 4.79 Å². The van der Waals surface area contributed by atoms with Gasteiger partial charge in [0.2, 0.25) is 0 Å². The van der Waals surface area contributed by atoms with Gasteiger partial charge in [-0.1, -0.05) is 51.5 Å². The van der Waals surface area contributed by atoms with Crippen LogP contribution in [-0.2, 0) is 4.79 Å². The minimum Gasteiger partial charge on any atom is -0.396 e. The lowest BCUT2D eigenvalue weighted by Crippen LogP contribution is -1.91. The van der Waals surface area contributed by atoms with Crippen LogP contribution in [0.15, 0.2) is 12.7 Å². The monoisotopic (exact) mass is 226 g/mol. The zero-order valence-corrected chi connectivity index (χ0v) is 10.4. The number of hydrogen-bond donors (Lipinski definition) is 1. The number of unbranched alkanes of at least 4 members (excludes halogenated alkanes) is 8. The van der Waals surface area contributed by atoms with Crippen LogP contribution in [0.25, 0.3) is 0 Å². The smallest absolute Gasteiger partial charge is 0.155 e. The second kappa shape index (κ2) is 12.4. The number of rotatable bonds is 12. The summed E-state index contributed by atoms with van der Waals surface area (Å²) in [4.78, 5) is 10.9. The molecule has 0 aliphatic carbocycles. The molecule has 0 aliphatic heterocycles. The van der Waals surface area contributed by atoms with Gasteiger partial charge in [-0.2, -0.15) is 0 Å². The van der Waals surface area contributed by atoms with E-state index in [2.05, 4.69) is 6.58 Å². The van der Waals surface area contributed by atoms with Crippen molar-refractivity contribution >= 4 is 5.78 Å². The van der Waals surface area contributed by atoms with E-state index in [9.17, 15) is 4.79 Å². The summed E-state index contributed by atoms with van der Waals surface area (Å²) in [5.41, 5.74) is 0. The molecule has 0 aromatic rings. The van der Waals surface area contributed by atoms with Gasteiger partial charge in [0.15, 0.2) is 5.78 Å². The van der Waals surface area contributed by atoms with E-state index in [4.69, 9.17) is 5.11 Å². The van der Waals surface area contributed by atoms with Gasteiger partial charge < -0.3 is 5.11 Å². The molecular weight excluding hydrogens is 200 g/mol. The molecule has 0 saturated heterocycles. The molecule has 2 heteroatoms. The topological polar surface area (TPSA) is 37.3 Å². The fourth-order valence-corrected chi connectivity index (χ4v) is 1.75. The summed E-state index contributed by atoms with van der Waals surface area (Å²) < 4.78 is 0. The highest BCUT2D eigenvalue weighted by Gasteiger charge is 1.96. The molecule has 0 aliphatic rings. The maximum atomic E-state index is 10.9. The maximum absolute atomic E-state index is 10.9. The first-order valence-electron chi connectivity index (χ1n) is 6.57. The van der Waals surface area contributed by atoms with Crippen molar-refractivity contribution in [1.82, 2.24) is 0 Å². The van der Waals surface area contributed by atoms with E-state index in [1.54, 1.807) is 0 Å². The first-order valence-corrected chi connectivity index (χ1v) is 6.57. The maximum Gasteiger partial charge on any atom is 0.155 e. The van der Waals surface area contributed by atoms with Crippen LogP contribution in [0.4, 0.5) is 0 Å². The molecule has 0 radical (unpaired) electrons. The average Bonchev–Trinajstić information content (AvgIpc) is 2.31. The van der Waals surface area contributed by atoms with Gasteiger partial charge in [0.05, 0.1) is 0 Å². The molecule has 0 saturated carbocycles. The van der Waals surface area contributed by atoms with Crippen LogP contribution >= 0.6 is 0 Å². The van der Waals surface area contributed by atoms with Gasteiger partial charge in [0.1, 0.15) is 0 Å². The summed E-state index contributed by atoms with van der Waals surface area (Å²) in [5.74, 6) is 0.170. The molecular formula is C14H26O2. The van der Waals surface area contributed by atoms with Crippen LogP contribution in [0, 0.1) is 0 Å². The molecule has 0 atom stereocenters. The summed E-state index contributed by atoms with van der Waals surface area (Å²) in [6.45, 7) is 3.79. The first kappa shape index (κ1) is 15.4. The largest absolute Gasteiger partial charge is 0.396 e. The molecule has 0 spiro atoms. The zero-order valence-electron chi connectivity index (χ0n) is 10.4. The van der Waals surface area contributed by atoms with Gasteiger partial charge in [0, 0.05) is 13.0 Å². The average molecular weight is 226 g/mol. The standard InChI is InChI=1S/C14H26O2/c1-2-14(16)12-10-8-6-4-3-5-7-9-11-13-15/h2,15H,1,3-13H2. The second-order valence-electron chi connectivity index (χ2n) is 4.33. The van der Waals surface area contributed by atoms with Crippen molar-refractivity contribution in [2.45, 2.75) is 64.2 Å². The van der Waals surface area contributed by atoms with E-state index in [1.807, 2.05) is 0 Å². The molecule has 2 nitrogen and oxygen atoms in total. The third-order valence-electron chi connectivity index (χ3n) is 2.81. The van der Waals surface area contributed by atoms with Crippen LogP contribution in [0.1, 0.15) is 64.2 Å². The summed E-state index contributed by atoms with van der Waals surface area (Å²) >= 11 is 0. The van der Waals surface area contributed by atoms with Crippen molar-refractivity contribution in [1.29, 1.82) is 0 Å². The third kappa shape index (κ3) is 11.4. The fraction of sp³-hybridized carbons (Fsp3) is 0.786. The van der Waals surface area contributed by atoms with Gasteiger partial charge in [-0.25, -0.2) is 0 Å². The van der Waals surface area contributed by atoms with Crippen molar-refractivity contribution < 1.29 is 9.90 Å². The Morgan fingerprint density at radius 1 is 0.875 bits per heavy atom. The molecule has 0 aromatic carbocycles. The predicted octanol–water partition coefficient (Wildman–Crippen LogP) is 3.63. The van der Waals surface area contributed by atoms with Gasteiger partial charge in [-0.05, 0) is 18.9 Å². The first-order chi connectivity index (χ1) is 7.81. The highest BCUT2D eigenvalue weighted by molar-refractivity contribution is 5.88. The minimum absolute atomic E-state index is 0.170. The molecule has 0 amide bonds. The molecule has 0 bridgehead atoms. The van der Waals surface area contributed by atoms with E-state index in [0.717, 1.165) is 25.7 Å². The van der Waals surface area contributed by atoms with Gasteiger partial charge in [-0.15, -0.1) is 0 Å². The summed E-state index contributed by atoms with van der Waals surface area (Å²) in [5, 5.41) is 8.60. The highest BCUT2D eigenvalue weighted by Crippen LogP contribution is 2.10. The SMILES string of the molecule is C=CC(=O)CCCCCCCCCCCO. The van der Waals surface area contributed by atoms with Crippen molar-refractivity contribution in [3.63, 3.8) is 0 Å². The van der Waals surface area contributed by atoms with Crippen molar-refractivity contribution in [3.8, 4) is 0 Å². The Morgan fingerprint density at radius 2 is 1.31 bits per heavy atom. The minimum atomic E-state index is 0.170. The van der Waals surface area contributed by atoms with E-state index >= 15 is 0 Å². The Labute approximate surface area is 99.7 Å². The molecule has 94 valence electrons. The van der Waals surface area contributed by atoms with Crippen LogP contribution in [0.5, 0.6) is 0 Å². The van der Waals surface area contributed by atoms with Gasteiger partial charge in [0.25, 0.3) is 0 Å². The number of aliphatic hydroxyl groups is 1. The Bertz CT molecular complexity index is 176. The van der Waals surface area contributed by atoms with Crippen LogP contribution in [-0.4, -0.2) is 17.5 Å². The fourth-order valence-electron chi connectivity index (χ4n) is 1.75. The Kier molecular flexibility index (Phi) is 11.9. The molecule has 0 aromatic heterocycles. The van der Waals surface area contributed by atoms with E-state index in [0.29, 0.717) is 13.0 Å². The zero-order chi connectivity index (χ0) is 12.1. The van der Waals surface area contributed by atoms with Gasteiger partial charge >= 0.3 is 0 Å². The van der Waals surface area contributed by atoms with E-state index < -0.39 is 0 Å². The molecule has 0 fully saturated rings. The molecule has 0 unspecified atom stereocenters. The molecule has 0 heterocycles. The van der Waals surface area contributed by atoms with Crippen LogP contribution in [0.2, 0.25) is 0 Å². The van der Waals surface area contributed by atoms with Crippen molar-refractivity contribution in [2.75, 3.05) is 6.61 Å². The van der Waals surface area contributed by atoms with Crippen LogP contribution < -0.4 is 0 Å². The van der Waals surface area contributed by atoms with Crippen molar-refractivity contribution in [2.24, 2.45) is 0 Å². The summed E-state index contributed by atoms with van der Waals surface area (Å²) in [6, 6.07) is 0. The number of carbonyl (C=O) groups is 1. The Hall–Kier alpha value is -0.630. The molecule has 16 heavy (non-hydrogen) atoms. The van der Waals surface area contributed by atoms with E-state index in [1.165, 1.54) is 38.2 Å². The predicted molar refractivity (Wildman–Crippen MR) is 68.5 cm³/mol. The normalized spacial score (nSPS) is 10.3. The molecule has 1 N–H and O–H groups in total. The quantitative estimate of drug-likeness (QED) is 0.407. The lowest BCUT2D eigenvalue weighted by atomic mass is 10.1. The summed E-state index contributed by atoms with van der Waals surface area (Å²) in [6.07, 6.45) is 12.7. The Morgan fingerprint density at radius 3 is 1.75 bits per heavy atom.